The molecule has 2 bridgehead atoms. The molecule has 0 unspecified atom stereocenters. The molecule has 1 amide bonds. The van der Waals surface area contributed by atoms with Crippen LogP contribution in [0.15, 0.2) is 42.5 Å². The number of benzene rings is 1. The molecule has 1 N–H and O–H groups in total. The summed E-state index contributed by atoms with van der Waals surface area (Å²) in [6.45, 7) is 0.386. The first-order valence-corrected chi connectivity index (χ1v) is 6.59. The second-order valence-electron chi connectivity index (χ2n) is 5.50. The number of para-hydroxylation sites is 1. The second kappa shape index (κ2) is 3.70. The van der Waals surface area contributed by atoms with Gasteiger partial charge in [0.15, 0.2) is 0 Å². The highest BCUT2D eigenvalue weighted by atomic mass is 16.5. The fourth-order valence-corrected chi connectivity index (χ4v) is 3.61. The Kier molecular flexibility index (Phi) is 2.16. The molecule has 1 aromatic carbocycles. The summed E-state index contributed by atoms with van der Waals surface area (Å²) in [6.07, 6.45) is 3.17. The molecular weight excluding hydrogens is 258 g/mol. The summed E-state index contributed by atoms with van der Waals surface area (Å²) in [6, 6.07) is 9.29. The number of amides is 1. The fourth-order valence-electron chi connectivity index (χ4n) is 3.61. The Morgan fingerprint density at radius 3 is 2.80 bits per heavy atom. The van der Waals surface area contributed by atoms with Gasteiger partial charge in [0.1, 0.15) is 11.5 Å². The summed E-state index contributed by atoms with van der Waals surface area (Å²) in [5.74, 6) is -2.51. The molecule has 5 nitrogen and oxygen atoms in total. The number of aliphatic carboxylic acids is 1. The summed E-state index contributed by atoms with van der Waals surface area (Å²) in [5, 5.41) is 9.37. The first kappa shape index (κ1) is 11.7. The number of ether oxygens (including phenoxy) is 1. The lowest BCUT2D eigenvalue weighted by atomic mass is 9.77. The van der Waals surface area contributed by atoms with Crippen molar-refractivity contribution in [1.82, 2.24) is 0 Å². The number of anilines is 1. The van der Waals surface area contributed by atoms with Gasteiger partial charge in [0, 0.05) is 5.69 Å². The lowest BCUT2D eigenvalue weighted by Gasteiger charge is -2.21. The molecule has 102 valence electrons. The summed E-state index contributed by atoms with van der Waals surface area (Å²) >= 11 is 0. The second-order valence-corrected chi connectivity index (χ2v) is 5.50. The van der Waals surface area contributed by atoms with Crippen LogP contribution in [0.2, 0.25) is 0 Å². The Balaban J connectivity index is 1.76. The molecule has 3 aliphatic rings. The quantitative estimate of drug-likeness (QED) is 0.817. The van der Waals surface area contributed by atoms with Gasteiger partial charge in [-0.15, -0.1) is 0 Å². The molecule has 3 heterocycles. The number of hydrogen-bond donors (Lipinski definition) is 1. The number of carboxylic acids is 1. The highest BCUT2D eigenvalue weighted by molar-refractivity contribution is 6.02. The van der Waals surface area contributed by atoms with Crippen LogP contribution in [0, 0.1) is 11.8 Å². The largest absolute Gasteiger partial charge is 0.481 e. The molecule has 0 radical (unpaired) electrons. The maximum atomic E-state index is 12.6. The van der Waals surface area contributed by atoms with Gasteiger partial charge in [0.2, 0.25) is 5.91 Å². The van der Waals surface area contributed by atoms with Gasteiger partial charge in [-0.2, -0.15) is 0 Å². The maximum Gasteiger partial charge on any atom is 0.310 e. The Bertz CT molecular complexity index is 626. The van der Waals surface area contributed by atoms with Crippen LogP contribution in [0.25, 0.3) is 0 Å². The Labute approximate surface area is 115 Å². The predicted octanol–water partition coefficient (Wildman–Crippen LogP) is 1.06. The summed E-state index contributed by atoms with van der Waals surface area (Å²) in [5.41, 5.74) is 0.0200. The predicted molar refractivity (Wildman–Crippen MR) is 70.2 cm³/mol. The monoisotopic (exact) mass is 271 g/mol. The molecular formula is C15H13NO4. The van der Waals surface area contributed by atoms with Gasteiger partial charge in [-0.1, -0.05) is 30.4 Å². The minimum Gasteiger partial charge on any atom is -0.481 e. The molecule has 1 aromatic rings. The number of rotatable bonds is 2. The highest BCUT2D eigenvalue weighted by Gasteiger charge is 2.67. The third kappa shape index (κ3) is 1.30. The zero-order valence-electron chi connectivity index (χ0n) is 10.6. The Morgan fingerprint density at radius 2 is 2.10 bits per heavy atom. The van der Waals surface area contributed by atoms with E-state index in [1.54, 1.807) is 11.0 Å². The Hall–Kier alpha value is -2.14. The van der Waals surface area contributed by atoms with Crippen LogP contribution in [-0.4, -0.2) is 35.2 Å². The molecule has 3 aliphatic heterocycles. The molecule has 20 heavy (non-hydrogen) atoms. The van der Waals surface area contributed by atoms with E-state index in [1.807, 2.05) is 36.4 Å². The van der Waals surface area contributed by atoms with Crippen molar-refractivity contribution in [3.63, 3.8) is 0 Å². The normalized spacial score (nSPS) is 37.5. The molecule has 1 spiro atoms. The van der Waals surface area contributed by atoms with Crippen molar-refractivity contribution in [1.29, 1.82) is 0 Å². The summed E-state index contributed by atoms with van der Waals surface area (Å²) in [4.78, 5) is 25.7. The van der Waals surface area contributed by atoms with Crippen LogP contribution in [-0.2, 0) is 14.3 Å². The van der Waals surface area contributed by atoms with Crippen molar-refractivity contribution in [3.8, 4) is 0 Å². The van der Waals surface area contributed by atoms with Crippen LogP contribution in [0.4, 0.5) is 5.69 Å². The number of fused-ring (bicyclic) bond motifs is 1. The molecule has 5 heteroatoms. The average Bonchev–Trinajstić information content (AvgIpc) is 3.08. The van der Waals surface area contributed by atoms with Crippen molar-refractivity contribution < 1.29 is 19.4 Å². The van der Waals surface area contributed by atoms with Gasteiger partial charge in [0.05, 0.1) is 18.6 Å². The zero-order chi connectivity index (χ0) is 13.9. The van der Waals surface area contributed by atoms with E-state index in [0.29, 0.717) is 6.54 Å². The van der Waals surface area contributed by atoms with E-state index in [9.17, 15) is 14.7 Å². The number of hydrogen-bond acceptors (Lipinski definition) is 3. The lowest BCUT2D eigenvalue weighted by Crippen LogP contribution is -2.39. The molecule has 2 fully saturated rings. The van der Waals surface area contributed by atoms with Crippen molar-refractivity contribution in [2.24, 2.45) is 11.8 Å². The standard InChI is InChI=1S/C15H13NO4/c17-13-12-11(14(18)19)10-6-7-15(12,20-10)8-16(13)9-4-2-1-3-5-9/h1-7,10-12H,8H2,(H,18,19)/t10-,11+,12-,15+/m0/s1. The van der Waals surface area contributed by atoms with Gasteiger partial charge >= 0.3 is 5.97 Å². The zero-order valence-corrected chi connectivity index (χ0v) is 10.6. The van der Waals surface area contributed by atoms with E-state index in [0.717, 1.165) is 5.69 Å². The van der Waals surface area contributed by atoms with Crippen molar-refractivity contribution in [3.05, 3.63) is 42.5 Å². The van der Waals surface area contributed by atoms with Gasteiger partial charge < -0.3 is 14.7 Å². The minimum atomic E-state index is -0.963. The molecule has 4 atom stereocenters. The molecule has 0 saturated carbocycles. The highest BCUT2D eigenvalue weighted by Crippen LogP contribution is 2.52. The smallest absolute Gasteiger partial charge is 0.310 e. The molecule has 0 aromatic heterocycles. The summed E-state index contributed by atoms with van der Waals surface area (Å²) < 4.78 is 5.83. The third-order valence-corrected chi connectivity index (χ3v) is 4.45. The third-order valence-electron chi connectivity index (χ3n) is 4.45. The number of carbonyl (C=O) groups excluding carboxylic acids is 1. The topological polar surface area (TPSA) is 66.8 Å². The molecule has 2 saturated heterocycles. The van der Waals surface area contributed by atoms with E-state index in [4.69, 9.17) is 4.74 Å². The average molecular weight is 271 g/mol. The van der Waals surface area contributed by atoms with Crippen LogP contribution < -0.4 is 4.90 Å². The van der Waals surface area contributed by atoms with Crippen molar-refractivity contribution in [2.75, 3.05) is 11.4 Å². The maximum absolute atomic E-state index is 12.6. The number of carboxylic acid groups (broad SMARTS) is 1. The van der Waals surface area contributed by atoms with Crippen LogP contribution in [0.3, 0.4) is 0 Å². The number of nitrogens with zero attached hydrogens (tertiary/aromatic N) is 1. The Morgan fingerprint density at radius 1 is 1.35 bits per heavy atom. The van der Waals surface area contributed by atoms with Gasteiger partial charge in [0.25, 0.3) is 0 Å². The lowest BCUT2D eigenvalue weighted by molar-refractivity contribution is -0.146. The number of carbonyl (C=O) groups is 2. The van der Waals surface area contributed by atoms with E-state index in [-0.39, 0.29) is 5.91 Å². The minimum absolute atomic E-state index is 0.157. The molecule has 0 aliphatic carbocycles. The fraction of sp³-hybridized carbons (Fsp3) is 0.333. The van der Waals surface area contributed by atoms with Gasteiger partial charge in [-0.05, 0) is 12.1 Å². The first-order chi connectivity index (χ1) is 9.62. The van der Waals surface area contributed by atoms with Crippen molar-refractivity contribution in [2.45, 2.75) is 11.7 Å². The van der Waals surface area contributed by atoms with Crippen LogP contribution >= 0.6 is 0 Å². The van der Waals surface area contributed by atoms with Crippen LogP contribution in [0.1, 0.15) is 0 Å². The van der Waals surface area contributed by atoms with Crippen LogP contribution in [0.5, 0.6) is 0 Å². The van der Waals surface area contributed by atoms with Gasteiger partial charge in [-0.25, -0.2) is 0 Å². The van der Waals surface area contributed by atoms with E-state index in [1.165, 1.54) is 0 Å². The first-order valence-electron chi connectivity index (χ1n) is 6.59. The van der Waals surface area contributed by atoms with E-state index >= 15 is 0 Å². The van der Waals surface area contributed by atoms with E-state index < -0.39 is 29.5 Å². The van der Waals surface area contributed by atoms with Crippen molar-refractivity contribution >= 4 is 17.6 Å². The van der Waals surface area contributed by atoms with Gasteiger partial charge in [-0.3, -0.25) is 9.59 Å². The summed E-state index contributed by atoms with van der Waals surface area (Å²) in [7, 11) is 0. The SMILES string of the molecule is O=C(O)[C@@H]1[C@@H]2C=C[C@]3(CN(c4ccccc4)C(=O)[C@H]13)O2. The molecule has 4 rings (SSSR count). The van der Waals surface area contributed by atoms with E-state index in [2.05, 4.69) is 0 Å².